The molecule has 0 radical (unpaired) electrons. The molecule has 1 atom stereocenters. The number of anilines is 2. The minimum atomic E-state index is -0.239. The number of aryl methyl sites for hydroxylation is 1. The number of carbonyl (C=O) groups excluding carboxylic acids is 1. The van der Waals surface area contributed by atoms with Gasteiger partial charge in [0.2, 0.25) is 0 Å². The van der Waals surface area contributed by atoms with Crippen LogP contribution in [0.4, 0.5) is 11.4 Å². The number of halogens is 1. The number of hydrogen-bond donors (Lipinski definition) is 2. The van der Waals surface area contributed by atoms with Crippen LogP contribution in [0.25, 0.3) is 31.9 Å². The van der Waals surface area contributed by atoms with Crippen molar-refractivity contribution in [1.29, 1.82) is 0 Å². The first-order valence-corrected chi connectivity index (χ1v) is 13.7. The smallest absolute Gasteiger partial charge is 0.310 e. The molecule has 1 aliphatic rings. The lowest BCUT2D eigenvalue weighted by Crippen LogP contribution is -2.23. The first-order valence-electron chi connectivity index (χ1n) is 12.5. The Hall–Kier alpha value is -3.13. The quantitative estimate of drug-likeness (QED) is 0.211. The van der Waals surface area contributed by atoms with E-state index < -0.39 is 0 Å². The fourth-order valence-corrected chi connectivity index (χ4v) is 6.21. The summed E-state index contributed by atoms with van der Waals surface area (Å²) in [4.78, 5) is 19.9. The van der Waals surface area contributed by atoms with E-state index in [4.69, 9.17) is 27.1 Å². The molecule has 1 aliphatic heterocycles. The predicted octanol–water partition coefficient (Wildman–Crippen LogP) is 6.40. The van der Waals surface area contributed by atoms with Gasteiger partial charge in [0.05, 0.1) is 34.6 Å². The van der Waals surface area contributed by atoms with Gasteiger partial charge in [0.1, 0.15) is 5.01 Å². The van der Waals surface area contributed by atoms with E-state index in [-0.39, 0.29) is 12.4 Å². The van der Waals surface area contributed by atoms with Crippen LogP contribution in [0, 0.1) is 6.92 Å². The molecule has 1 saturated heterocycles. The summed E-state index contributed by atoms with van der Waals surface area (Å²) in [5.41, 5.74) is 13.9. The second kappa shape index (κ2) is 10.7. The predicted molar refractivity (Wildman–Crippen MR) is 155 cm³/mol. The maximum Gasteiger partial charge on any atom is 0.310 e. The Balaban J connectivity index is 1.60. The van der Waals surface area contributed by atoms with E-state index in [0.717, 1.165) is 73.9 Å². The minimum Gasteiger partial charge on any atom is -0.466 e. The van der Waals surface area contributed by atoms with Gasteiger partial charge in [0, 0.05) is 28.7 Å². The van der Waals surface area contributed by atoms with Gasteiger partial charge in [-0.05, 0) is 86.9 Å². The van der Waals surface area contributed by atoms with E-state index in [2.05, 4.69) is 29.4 Å². The van der Waals surface area contributed by atoms with Gasteiger partial charge in [0.15, 0.2) is 0 Å². The Morgan fingerprint density at radius 1 is 1.22 bits per heavy atom. The first-order chi connectivity index (χ1) is 17.8. The van der Waals surface area contributed by atoms with Crippen molar-refractivity contribution in [2.24, 2.45) is 0 Å². The summed E-state index contributed by atoms with van der Waals surface area (Å²) < 4.78 is 6.32. The number of benzene rings is 3. The standard InChI is InChI=1S/C29H31ClN4O2S/c1-4-36-26(35)15-22-17(2)13-25-28(27(22)18-5-8-20(30)9-6-18)37-29(33-25)19-7-10-23(31)24(14-19)32-21-11-12-34(3)16-21/h5-10,13-14,21,32H,4,11-12,15-16,31H2,1-3H3. The van der Waals surface area contributed by atoms with Crippen LogP contribution in [-0.4, -0.2) is 48.6 Å². The molecular formula is C29H31ClN4O2S. The molecule has 3 N–H and O–H groups in total. The highest BCUT2D eigenvalue weighted by molar-refractivity contribution is 7.22. The summed E-state index contributed by atoms with van der Waals surface area (Å²) in [6.45, 7) is 6.28. The third-order valence-corrected chi connectivity index (χ3v) is 8.21. The van der Waals surface area contributed by atoms with Crippen LogP contribution in [0.15, 0.2) is 48.5 Å². The number of rotatable bonds is 7. The molecule has 0 spiro atoms. The van der Waals surface area contributed by atoms with E-state index in [1.54, 1.807) is 11.3 Å². The molecule has 8 heteroatoms. The van der Waals surface area contributed by atoms with E-state index >= 15 is 0 Å². The van der Waals surface area contributed by atoms with Gasteiger partial charge in [-0.25, -0.2) is 4.98 Å². The molecule has 6 nitrogen and oxygen atoms in total. The largest absolute Gasteiger partial charge is 0.466 e. The zero-order valence-corrected chi connectivity index (χ0v) is 22.9. The van der Waals surface area contributed by atoms with Crippen LogP contribution in [0.3, 0.4) is 0 Å². The van der Waals surface area contributed by atoms with Crippen LogP contribution in [0.2, 0.25) is 5.02 Å². The van der Waals surface area contributed by atoms with E-state index in [1.807, 2.05) is 50.2 Å². The zero-order valence-electron chi connectivity index (χ0n) is 21.3. The number of likely N-dealkylation sites (tertiary alicyclic amines) is 1. The summed E-state index contributed by atoms with van der Waals surface area (Å²) >= 11 is 7.82. The number of fused-ring (bicyclic) bond motifs is 1. The number of thiazole rings is 1. The number of nitrogens with one attached hydrogen (secondary N) is 1. The van der Waals surface area contributed by atoms with Gasteiger partial charge in [-0.2, -0.15) is 0 Å². The first kappa shape index (κ1) is 25.5. The monoisotopic (exact) mass is 534 g/mol. The SMILES string of the molecule is CCOC(=O)Cc1c(C)cc2nc(-c3ccc(N)c(NC4CCN(C)C4)c3)sc2c1-c1ccc(Cl)cc1. The van der Waals surface area contributed by atoms with Gasteiger partial charge < -0.3 is 20.7 Å². The lowest BCUT2D eigenvalue weighted by molar-refractivity contribution is -0.142. The van der Waals surface area contributed by atoms with Crippen molar-refractivity contribution in [3.8, 4) is 21.7 Å². The molecule has 37 heavy (non-hydrogen) atoms. The number of ether oxygens (including phenoxy) is 1. The van der Waals surface area contributed by atoms with Crippen molar-refractivity contribution in [3.05, 3.63) is 64.7 Å². The number of likely N-dealkylation sites (N-methyl/N-ethyl adjacent to an activating group) is 1. The van der Waals surface area contributed by atoms with Crippen molar-refractivity contribution in [3.63, 3.8) is 0 Å². The summed E-state index contributed by atoms with van der Waals surface area (Å²) in [5, 5.41) is 5.20. The molecule has 0 saturated carbocycles. The second-order valence-electron chi connectivity index (χ2n) is 9.60. The van der Waals surface area contributed by atoms with E-state index in [1.165, 1.54) is 0 Å². The number of hydrogen-bond acceptors (Lipinski definition) is 7. The maximum atomic E-state index is 12.5. The van der Waals surface area contributed by atoms with Crippen LogP contribution in [-0.2, 0) is 16.0 Å². The molecule has 4 aromatic rings. The molecule has 3 aromatic carbocycles. The lowest BCUT2D eigenvalue weighted by Gasteiger charge is -2.16. The Labute approximate surface area is 226 Å². The van der Waals surface area contributed by atoms with Crippen molar-refractivity contribution < 1.29 is 9.53 Å². The summed E-state index contributed by atoms with van der Waals surface area (Å²) in [5.74, 6) is -0.239. The van der Waals surface area contributed by atoms with Crippen LogP contribution < -0.4 is 11.1 Å². The number of nitrogens with two attached hydrogens (primary N) is 1. The van der Waals surface area contributed by atoms with Crippen LogP contribution in [0.5, 0.6) is 0 Å². The maximum absolute atomic E-state index is 12.5. The molecule has 0 bridgehead atoms. The molecule has 1 unspecified atom stereocenters. The summed E-state index contributed by atoms with van der Waals surface area (Å²) in [7, 11) is 2.14. The number of nitrogen functional groups attached to an aromatic ring is 1. The van der Waals surface area contributed by atoms with Crippen molar-refractivity contribution >= 4 is 50.5 Å². The average molecular weight is 535 g/mol. The van der Waals surface area contributed by atoms with Gasteiger partial charge in [-0.1, -0.05) is 23.7 Å². The fourth-order valence-electron chi connectivity index (χ4n) is 4.95. The summed E-state index contributed by atoms with van der Waals surface area (Å²) in [6.07, 6.45) is 1.29. The van der Waals surface area contributed by atoms with Gasteiger partial charge in [-0.3, -0.25) is 4.79 Å². The molecule has 0 amide bonds. The molecule has 0 aliphatic carbocycles. The highest BCUT2D eigenvalue weighted by atomic mass is 35.5. The van der Waals surface area contributed by atoms with Gasteiger partial charge in [-0.15, -0.1) is 11.3 Å². The third kappa shape index (κ3) is 5.44. The number of carbonyl (C=O) groups is 1. The van der Waals surface area contributed by atoms with E-state index in [0.29, 0.717) is 17.7 Å². The number of nitrogens with zero attached hydrogens (tertiary/aromatic N) is 2. The highest BCUT2D eigenvalue weighted by Gasteiger charge is 2.22. The minimum absolute atomic E-state index is 0.201. The Bertz CT molecular complexity index is 1450. The number of aromatic nitrogens is 1. The molecule has 1 fully saturated rings. The lowest BCUT2D eigenvalue weighted by atomic mass is 9.93. The fraction of sp³-hybridized carbons (Fsp3) is 0.310. The average Bonchev–Trinajstić information content (AvgIpc) is 3.47. The van der Waals surface area contributed by atoms with Crippen molar-refractivity contribution in [2.45, 2.75) is 32.7 Å². The van der Waals surface area contributed by atoms with Crippen LogP contribution >= 0.6 is 22.9 Å². The van der Waals surface area contributed by atoms with Crippen LogP contribution in [0.1, 0.15) is 24.5 Å². The third-order valence-electron chi connectivity index (χ3n) is 6.82. The topological polar surface area (TPSA) is 80.5 Å². The number of esters is 1. The van der Waals surface area contributed by atoms with Gasteiger partial charge in [0.25, 0.3) is 0 Å². The van der Waals surface area contributed by atoms with Crippen molar-refractivity contribution in [2.75, 3.05) is 37.8 Å². The highest BCUT2D eigenvalue weighted by Crippen LogP contribution is 2.42. The van der Waals surface area contributed by atoms with Gasteiger partial charge >= 0.3 is 5.97 Å². The molecule has 1 aromatic heterocycles. The summed E-state index contributed by atoms with van der Waals surface area (Å²) in [6, 6.07) is 16.2. The second-order valence-corrected chi connectivity index (χ2v) is 11.0. The van der Waals surface area contributed by atoms with E-state index in [9.17, 15) is 4.79 Å². The Morgan fingerprint density at radius 2 is 1.97 bits per heavy atom. The Kier molecular flexibility index (Phi) is 7.38. The molecule has 5 rings (SSSR count). The normalized spacial score (nSPS) is 15.8. The van der Waals surface area contributed by atoms with Crippen molar-refractivity contribution in [1.82, 2.24) is 9.88 Å². The zero-order chi connectivity index (χ0) is 26.1. The molecular weight excluding hydrogens is 504 g/mol. The molecule has 2 heterocycles. The molecule has 192 valence electrons. The Morgan fingerprint density at radius 3 is 2.68 bits per heavy atom.